The largest absolute Gasteiger partial charge is 0.465 e. The molecule has 0 saturated carbocycles. The number of ether oxygens (including phenoxy) is 2. The third-order valence-corrected chi connectivity index (χ3v) is 6.07. The third-order valence-electron chi connectivity index (χ3n) is 5.07. The molecule has 0 unspecified atom stereocenters. The number of carbonyl (C=O) groups excluding carboxylic acids is 2. The van der Waals surface area contributed by atoms with Crippen LogP contribution in [0.2, 0.25) is 0 Å². The molecule has 2 aromatic rings. The van der Waals surface area contributed by atoms with Gasteiger partial charge < -0.3 is 19.7 Å². The van der Waals surface area contributed by atoms with Gasteiger partial charge in [-0.05, 0) is 45.6 Å². The Hall–Kier alpha value is -2.56. The van der Waals surface area contributed by atoms with Crippen molar-refractivity contribution in [3.05, 3.63) is 22.6 Å². The molecule has 1 fully saturated rings. The first-order chi connectivity index (χ1) is 14.9. The standard InChI is InChI=1S/C21H26F3N3O4S/c1-20(2,3)31-19(29)27-7-5-12(6-8-27)10-25-15-9-14(21(22,23)24)17-16(26-15)13(11-32-17)18(28)30-4/h9,11-12H,5-8,10H2,1-4H3,(H,25,26). The highest BCUT2D eigenvalue weighted by Gasteiger charge is 2.35. The second-order valence-electron chi connectivity index (χ2n) is 8.66. The van der Waals surface area contributed by atoms with Crippen LogP contribution in [-0.2, 0) is 15.7 Å². The van der Waals surface area contributed by atoms with Gasteiger partial charge in [-0.15, -0.1) is 11.3 Å². The van der Waals surface area contributed by atoms with Crippen molar-refractivity contribution in [1.82, 2.24) is 9.88 Å². The predicted octanol–water partition coefficient (Wildman–Crippen LogP) is 5.16. The lowest BCUT2D eigenvalue weighted by Crippen LogP contribution is -2.42. The molecule has 3 rings (SSSR count). The average molecular weight is 474 g/mol. The minimum absolute atomic E-state index is 0.00678. The number of nitrogens with one attached hydrogen (secondary N) is 1. The van der Waals surface area contributed by atoms with Gasteiger partial charge in [-0.3, -0.25) is 0 Å². The molecule has 0 spiro atoms. The normalized spacial score (nSPS) is 15.7. The second kappa shape index (κ2) is 9.13. The molecule has 176 valence electrons. The summed E-state index contributed by atoms with van der Waals surface area (Å²) in [5.41, 5.74) is -1.43. The number of likely N-dealkylation sites (tertiary alicyclic amines) is 1. The Balaban J connectivity index is 1.70. The van der Waals surface area contributed by atoms with Gasteiger partial charge in [0.2, 0.25) is 0 Å². The number of hydrogen-bond donors (Lipinski definition) is 1. The molecule has 1 N–H and O–H groups in total. The Morgan fingerprint density at radius 1 is 1.25 bits per heavy atom. The van der Waals surface area contributed by atoms with Gasteiger partial charge in [-0.25, -0.2) is 14.6 Å². The van der Waals surface area contributed by atoms with Gasteiger partial charge in [0.05, 0.1) is 28.5 Å². The molecule has 32 heavy (non-hydrogen) atoms. The van der Waals surface area contributed by atoms with Crippen LogP contribution in [0.15, 0.2) is 11.4 Å². The summed E-state index contributed by atoms with van der Waals surface area (Å²) in [5.74, 6) is -0.533. The molecule has 7 nitrogen and oxygen atoms in total. The maximum absolute atomic E-state index is 13.6. The number of esters is 1. The molecule has 1 saturated heterocycles. The number of amides is 1. The van der Waals surface area contributed by atoms with Gasteiger partial charge in [0.1, 0.15) is 11.4 Å². The molecule has 0 aliphatic carbocycles. The van der Waals surface area contributed by atoms with Crippen molar-refractivity contribution in [2.24, 2.45) is 5.92 Å². The SMILES string of the molecule is COC(=O)c1csc2c(C(F)(F)F)cc(NCC3CCN(C(=O)OC(C)(C)C)CC3)nc12. The topological polar surface area (TPSA) is 80.8 Å². The number of carbonyl (C=O) groups is 2. The fraction of sp³-hybridized carbons (Fsp3) is 0.571. The summed E-state index contributed by atoms with van der Waals surface area (Å²) in [6.45, 7) is 6.84. The quantitative estimate of drug-likeness (QED) is 0.618. The predicted molar refractivity (Wildman–Crippen MR) is 115 cm³/mol. The second-order valence-corrected chi connectivity index (χ2v) is 9.54. The lowest BCUT2D eigenvalue weighted by atomic mass is 9.97. The van der Waals surface area contributed by atoms with Gasteiger partial charge in [0.25, 0.3) is 0 Å². The summed E-state index contributed by atoms with van der Waals surface area (Å²) in [6, 6.07) is 0.968. The Kier molecular flexibility index (Phi) is 6.87. The molecule has 1 aliphatic rings. The van der Waals surface area contributed by atoms with E-state index in [2.05, 4.69) is 15.0 Å². The average Bonchev–Trinajstić information content (AvgIpc) is 3.13. The number of halogens is 3. The van der Waals surface area contributed by atoms with E-state index in [1.54, 1.807) is 25.7 Å². The molecular weight excluding hydrogens is 447 g/mol. The van der Waals surface area contributed by atoms with Crippen molar-refractivity contribution in [3.63, 3.8) is 0 Å². The highest BCUT2D eigenvalue weighted by Crippen LogP contribution is 2.39. The number of methoxy groups -OCH3 is 1. The molecule has 0 atom stereocenters. The summed E-state index contributed by atoms with van der Waals surface area (Å²) in [4.78, 5) is 30.0. The van der Waals surface area contributed by atoms with Gasteiger partial charge in [0, 0.05) is 25.0 Å². The molecule has 2 aromatic heterocycles. The Bertz CT molecular complexity index is 993. The van der Waals surface area contributed by atoms with E-state index in [1.807, 2.05) is 0 Å². The fourth-order valence-electron chi connectivity index (χ4n) is 3.46. The zero-order valence-electron chi connectivity index (χ0n) is 18.3. The van der Waals surface area contributed by atoms with E-state index >= 15 is 0 Å². The Morgan fingerprint density at radius 3 is 2.47 bits per heavy atom. The number of aromatic nitrogens is 1. The number of fused-ring (bicyclic) bond motifs is 1. The summed E-state index contributed by atoms with van der Waals surface area (Å²) in [5, 5.41) is 4.31. The zero-order valence-corrected chi connectivity index (χ0v) is 19.2. The molecule has 11 heteroatoms. The van der Waals surface area contributed by atoms with Crippen molar-refractivity contribution in [1.29, 1.82) is 0 Å². The summed E-state index contributed by atoms with van der Waals surface area (Å²) in [6.07, 6.45) is -3.58. The van der Waals surface area contributed by atoms with Crippen molar-refractivity contribution in [3.8, 4) is 0 Å². The van der Waals surface area contributed by atoms with Crippen LogP contribution in [0.4, 0.5) is 23.8 Å². The van der Waals surface area contributed by atoms with Gasteiger partial charge in [-0.2, -0.15) is 13.2 Å². The number of anilines is 1. The Labute approximate surface area is 187 Å². The molecule has 3 heterocycles. The van der Waals surface area contributed by atoms with Crippen LogP contribution in [0.5, 0.6) is 0 Å². The van der Waals surface area contributed by atoms with Crippen molar-refractivity contribution >= 4 is 39.4 Å². The van der Waals surface area contributed by atoms with Crippen LogP contribution in [-0.4, -0.2) is 54.3 Å². The number of thiophene rings is 1. The van der Waals surface area contributed by atoms with E-state index in [4.69, 9.17) is 4.74 Å². The monoisotopic (exact) mass is 473 g/mol. The fourth-order valence-corrected chi connectivity index (χ4v) is 4.47. The van der Waals surface area contributed by atoms with Gasteiger partial charge >= 0.3 is 18.2 Å². The van der Waals surface area contributed by atoms with Crippen LogP contribution in [0.3, 0.4) is 0 Å². The molecule has 0 aromatic carbocycles. The summed E-state index contributed by atoms with van der Waals surface area (Å²) < 4.78 is 50.8. The number of pyridine rings is 1. The first kappa shape index (κ1) is 24.1. The number of rotatable bonds is 4. The van der Waals surface area contributed by atoms with E-state index < -0.39 is 23.3 Å². The van der Waals surface area contributed by atoms with E-state index in [-0.39, 0.29) is 33.6 Å². The lowest BCUT2D eigenvalue weighted by molar-refractivity contribution is -0.136. The molecule has 1 amide bonds. The number of piperidine rings is 1. The first-order valence-corrected chi connectivity index (χ1v) is 11.1. The molecule has 0 bridgehead atoms. The van der Waals surface area contributed by atoms with Crippen LogP contribution in [0, 0.1) is 5.92 Å². The first-order valence-electron chi connectivity index (χ1n) is 10.2. The summed E-state index contributed by atoms with van der Waals surface area (Å²) in [7, 11) is 1.17. The van der Waals surface area contributed by atoms with Crippen molar-refractivity contribution < 1.29 is 32.2 Å². The van der Waals surface area contributed by atoms with E-state index in [9.17, 15) is 22.8 Å². The van der Waals surface area contributed by atoms with Crippen LogP contribution < -0.4 is 5.32 Å². The zero-order chi connectivity index (χ0) is 23.7. The van der Waals surface area contributed by atoms with Crippen LogP contribution in [0.25, 0.3) is 10.2 Å². The van der Waals surface area contributed by atoms with E-state index in [0.29, 0.717) is 32.5 Å². The number of alkyl halides is 3. The maximum atomic E-state index is 13.6. The number of nitrogens with zero attached hydrogens (tertiary/aromatic N) is 2. The Morgan fingerprint density at radius 2 is 1.91 bits per heavy atom. The number of hydrogen-bond acceptors (Lipinski definition) is 7. The maximum Gasteiger partial charge on any atom is 0.417 e. The van der Waals surface area contributed by atoms with Gasteiger partial charge in [0.15, 0.2) is 0 Å². The summed E-state index contributed by atoms with van der Waals surface area (Å²) >= 11 is 0.812. The highest BCUT2D eigenvalue weighted by atomic mass is 32.1. The van der Waals surface area contributed by atoms with Gasteiger partial charge in [-0.1, -0.05) is 0 Å². The molecule has 1 aliphatic heterocycles. The minimum Gasteiger partial charge on any atom is -0.465 e. The van der Waals surface area contributed by atoms with E-state index in [1.165, 1.54) is 12.5 Å². The van der Waals surface area contributed by atoms with E-state index in [0.717, 1.165) is 17.4 Å². The third kappa shape index (κ3) is 5.62. The lowest BCUT2D eigenvalue weighted by Gasteiger charge is -2.33. The minimum atomic E-state index is -4.59. The van der Waals surface area contributed by atoms with Crippen molar-refractivity contribution in [2.75, 3.05) is 32.1 Å². The smallest absolute Gasteiger partial charge is 0.417 e. The molecule has 0 radical (unpaired) electrons. The molecular formula is C21H26F3N3O4S. The van der Waals surface area contributed by atoms with Crippen LogP contribution in [0.1, 0.15) is 49.5 Å². The van der Waals surface area contributed by atoms with Crippen molar-refractivity contribution in [2.45, 2.75) is 45.4 Å². The van der Waals surface area contributed by atoms with Crippen LogP contribution >= 0.6 is 11.3 Å². The highest BCUT2D eigenvalue weighted by molar-refractivity contribution is 7.17.